The molecule has 4 aromatic rings. The van der Waals surface area contributed by atoms with Gasteiger partial charge in [-0.2, -0.15) is 16.8 Å². The number of fused-ring (bicyclic) bond motifs is 2. The van der Waals surface area contributed by atoms with E-state index in [9.17, 15) is 27.0 Å². The molecule has 10 nitrogen and oxygen atoms in total. The largest absolute Gasteiger partial charge is 0.505 e. The van der Waals surface area contributed by atoms with E-state index in [-0.39, 0.29) is 22.2 Å². The van der Waals surface area contributed by atoms with Gasteiger partial charge in [0.25, 0.3) is 20.2 Å². The van der Waals surface area contributed by atoms with E-state index in [4.69, 9.17) is 9.11 Å². The Morgan fingerprint density at radius 3 is 1.32 bits per heavy atom. The van der Waals surface area contributed by atoms with Crippen LogP contribution in [0.2, 0.25) is 0 Å². The van der Waals surface area contributed by atoms with E-state index in [1.165, 1.54) is 12.1 Å². The average molecular weight is 424 g/mol. The predicted molar refractivity (Wildman–Crippen MR) is 98.6 cm³/mol. The van der Waals surface area contributed by atoms with Crippen LogP contribution in [0, 0.1) is 0 Å². The number of H-pyrrole nitrogens is 2. The summed E-state index contributed by atoms with van der Waals surface area (Å²) in [5.74, 6) is -0.783. The van der Waals surface area contributed by atoms with Crippen molar-refractivity contribution >= 4 is 42.0 Å². The number of nitrogens with one attached hydrogen (secondary N) is 2. The Hall–Kier alpha value is -3.06. The molecule has 28 heavy (non-hydrogen) atoms. The first kappa shape index (κ1) is 18.3. The van der Waals surface area contributed by atoms with Crippen molar-refractivity contribution in [2.45, 2.75) is 9.79 Å². The van der Waals surface area contributed by atoms with Crippen LogP contribution in [-0.4, -0.2) is 46.1 Å². The molecule has 0 atom stereocenters. The topological polar surface area (TPSA) is 181 Å². The van der Waals surface area contributed by atoms with Gasteiger partial charge in [0.05, 0.1) is 9.79 Å². The van der Waals surface area contributed by atoms with E-state index in [1.807, 2.05) is 0 Å². The number of rotatable bonds is 3. The quantitative estimate of drug-likeness (QED) is 0.271. The van der Waals surface area contributed by atoms with Crippen molar-refractivity contribution < 1.29 is 36.2 Å². The minimum Gasteiger partial charge on any atom is -0.505 e. The molecule has 0 aliphatic rings. The third kappa shape index (κ3) is 2.79. The van der Waals surface area contributed by atoms with Crippen molar-refractivity contribution in [2.75, 3.05) is 0 Å². The molecule has 0 unspecified atom stereocenters. The fourth-order valence-corrected chi connectivity index (χ4v) is 4.01. The second-order valence-electron chi connectivity index (χ2n) is 6.06. The van der Waals surface area contributed by atoms with Gasteiger partial charge < -0.3 is 20.2 Å². The zero-order valence-electron chi connectivity index (χ0n) is 13.7. The molecular formula is C16H12N2O8S2. The van der Waals surface area contributed by atoms with Gasteiger partial charge in [-0.15, -0.1) is 0 Å². The highest BCUT2D eigenvalue weighted by molar-refractivity contribution is 7.86. The number of aromatic nitrogens is 2. The fourth-order valence-electron chi connectivity index (χ4n) is 3.00. The standard InChI is InChI=1S/C16H12N2O8S2/c19-15-9-5-7(27(21,22)23)1-3-11(9)17-13(15)14-16(20)10-6-8(28(24,25)26)2-4-12(10)18-14/h1-6,17-20H,(H,21,22,23)(H,24,25,26). The highest BCUT2D eigenvalue weighted by atomic mass is 32.2. The smallest absolute Gasteiger partial charge is 0.294 e. The Bertz CT molecular complexity index is 1370. The van der Waals surface area contributed by atoms with Crippen LogP contribution in [0.1, 0.15) is 0 Å². The second-order valence-corrected chi connectivity index (χ2v) is 8.91. The van der Waals surface area contributed by atoms with Gasteiger partial charge in [-0.05, 0) is 36.4 Å². The van der Waals surface area contributed by atoms with Crippen LogP contribution in [0.25, 0.3) is 33.2 Å². The number of hydrogen-bond acceptors (Lipinski definition) is 6. The van der Waals surface area contributed by atoms with E-state index >= 15 is 0 Å². The first-order valence-electron chi connectivity index (χ1n) is 7.61. The van der Waals surface area contributed by atoms with Gasteiger partial charge in [0.1, 0.15) is 11.4 Å². The minimum atomic E-state index is -4.48. The third-order valence-electron chi connectivity index (χ3n) is 4.33. The average Bonchev–Trinajstić information content (AvgIpc) is 3.10. The summed E-state index contributed by atoms with van der Waals surface area (Å²) in [5.41, 5.74) is 0.697. The van der Waals surface area contributed by atoms with Crippen molar-refractivity contribution in [2.24, 2.45) is 0 Å². The van der Waals surface area contributed by atoms with Crippen molar-refractivity contribution in [3.63, 3.8) is 0 Å². The van der Waals surface area contributed by atoms with Crippen molar-refractivity contribution in [3.8, 4) is 22.9 Å². The van der Waals surface area contributed by atoms with Gasteiger partial charge in [0.15, 0.2) is 11.5 Å². The van der Waals surface area contributed by atoms with E-state index in [2.05, 4.69) is 9.97 Å². The summed E-state index contributed by atoms with van der Waals surface area (Å²) in [7, 11) is -8.95. The van der Waals surface area contributed by atoms with E-state index in [0.717, 1.165) is 24.3 Å². The lowest BCUT2D eigenvalue weighted by Gasteiger charge is -1.98. The van der Waals surface area contributed by atoms with E-state index < -0.39 is 41.5 Å². The van der Waals surface area contributed by atoms with E-state index in [0.29, 0.717) is 11.0 Å². The molecule has 0 radical (unpaired) electrons. The molecule has 12 heteroatoms. The summed E-state index contributed by atoms with van der Waals surface area (Å²) >= 11 is 0. The van der Waals surface area contributed by atoms with Crippen LogP contribution in [0.5, 0.6) is 11.5 Å². The van der Waals surface area contributed by atoms with Crippen molar-refractivity contribution in [1.82, 2.24) is 9.97 Å². The number of aromatic amines is 2. The summed E-state index contributed by atoms with van der Waals surface area (Å²) in [5, 5.41) is 21.2. The molecule has 0 saturated carbocycles. The Morgan fingerprint density at radius 2 is 1.00 bits per heavy atom. The summed E-state index contributed by atoms with van der Waals surface area (Å²) in [6.07, 6.45) is 0. The summed E-state index contributed by atoms with van der Waals surface area (Å²) in [6, 6.07) is 7.07. The Labute approximate surface area is 157 Å². The van der Waals surface area contributed by atoms with Gasteiger partial charge in [0, 0.05) is 21.8 Å². The molecule has 4 rings (SSSR count). The zero-order chi connectivity index (χ0) is 20.4. The summed E-state index contributed by atoms with van der Waals surface area (Å²) in [4.78, 5) is 4.81. The fraction of sp³-hybridized carbons (Fsp3) is 0. The van der Waals surface area contributed by atoms with E-state index in [1.54, 1.807) is 0 Å². The molecule has 2 aromatic carbocycles. The maximum absolute atomic E-state index is 11.3. The molecule has 0 fully saturated rings. The lowest BCUT2D eigenvalue weighted by atomic mass is 10.2. The first-order chi connectivity index (χ1) is 13.0. The van der Waals surface area contributed by atoms with Crippen molar-refractivity contribution in [1.29, 1.82) is 0 Å². The first-order valence-corrected chi connectivity index (χ1v) is 10.5. The van der Waals surface area contributed by atoms with Crippen LogP contribution < -0.4 is 0 Å². The molecule has 2 heterocycles. The van der Waals surface area contributed by atoms with Gasteiger partial charge in [-0.3, -0.25) is 9.11 Å². The van der Waals surface area contributed by atoms with Gasteiger partial charge in [-0.25, -0.2) is 0 Å². The molecule has 0 spiro atoms. The summed E-state index contributed by atoms with van der Waals surface area (Å²) < 4.78 is 63.5. The monoisotopic (exact) mass is 424 g/mol. The molecule has 146 valence electrons. The highest BCUT2D eigenvalue weighted by Gasteiger charge is 2.22. The second kappa shape index (κ2) is 5.72. The predicted octanol–water partition coefficient (Wildman–Crippen LogP) is 2.22. The Kier molecular flexibility index (Phi) is 3.74. The maximum Gasteiger partial charge on any atom is 0.294 e. The van der Waals surface area contributed by atoms with Crippen LogP contribution in [0.3, 0.4) is 0 Å². The molecule has 0 aliphatic carbocycles. The molecule has 0 saturated heterocycles. The highest BCUT2D eigenvalue weighted by Crippen LogP contribution is 2.43. The van der Waals surface area contributed by atoms with Crippen molar-refractivity contribution in [3.05, 3.63) is 36.4 Å². The molecule has 0 aliphatic heterocycles. The number of aromatic hydroxyl groups is 2. The Morgan fingerprint density at radius 1 is 0.643 bits per heavy atom. The van der Waals surface area contributed by atoms with Crippen LogP contribution in [-0.2, 0) is 20.2 Å². The number of benzene rings is 2. The molecule has 0 amide bonds. The van der Waals surface area contributed by atoms with Gasteiger partial charge in [-0.1, -0.05) is 0 Å². The molecule has 2 aromatic heterocycles. The number of hydrogen-bond donors (Lipinski definition) is 6. The normalized spacial score (nSPS) is 12.8. The summed E-state index contributed by atoms with van der Waals surface area (Å²) in [6.45, 7) is 0. The van der Waals surface area contributed by atoms with Crippen LogP contribution in [0.4, 0.5) is 0 Å². The van der Waals surface area contributed by atoms with Gasteiger partial charge in [0.2, 0.25) is 0 Å². The molecule has 6 N–H and O–H groups in total. The third-order valence-corrected chi connectivity index (χ3v) is 6.03. The zero-order valence-corrected chi connectivity index (χ0v) is 15.3. The lowest BCUT2D eigenvalue weighted by Crippen LogP contribution is -1.96. The molecule has 0 bridgehead atoms. The Balaban J connectivity index is 1.96. The minimum absolute atomic E-state index is 0.0181. The van der Waals surface area contributed by atoms with Crippen LogP contribution >= 0.6 is 0 Å². The van der Waals surface area contributed by atoms with Crippen LogP contribution in [0.15, 0.2) is 46.2 Å². The van der Waals surface area contributed by atoms with Gasteiger partial charge >= 0.3 is 0 Å². The lowest BCUT2D eigenvalue weighted by molar-refractivity contribution is 0.474. The molecular weight excluding hydrogens is 412 g/mol. The SMILES string of the molecule is O=S(=O)(O)c1ccc2[nH]c(-c3[nH]c4ccc(S(=O)(=O)O)cc4c3O)c(O)c2c1. The maximum atomic E-state index is 11.3.